The molecule has 0 aliphatic rings. The van der Waals surface area contributed by atoms with Crippen molar-refractivity contribution < 1.29 is 36.0 Å². The first-order chi connectivity index (χ1) is 11.1. The van der Waals surface area contributed by atoms with Gasteiger partial charge in [0.15, 0.2) is 6.80 Å². The van der Waals surface area contributed by atoms with Gasteiger partial charge in [-0.15, -0.1) is 32.0 Å². The summed E-state index contributed by atoms with van der Waals surface area (Å²) < 4.78 is 78.7. The van der Waals surface area contributed by atoms with E-state index in [0.29, 0.717) is 7.05 Å². The summed E-state index contributed by atoms with van der Waals surface area (Å²) >= 11 is 0. The van der Waals surface area contributed by atoms with Gasteiger partial charge in [0.05, 0.1) is 0 Å². The smallest absolute Gasteiger partial charge is 0.301 e. The second-order valence-corrected chi connectivity index (χ2v) is 4.29. The molecule has 0 fully saturated rings. The van der Waals surface area contributed by atoms with E-state index in [1.54, 1.807) is 0 Å². The Hall–Kier alpha value is -2.80. The minimum absolute atomic E-state index is 0.0425. The number of halogens is 6. The third-order valence-electron chi connectivity index (χ3n) is 2.59. The largest absolute Gasteiger partial charge is 0.527 e. The molecule has 14 heteroatoms. The van der Waals surface area contributed by atoms with Crippen LogP contribution in [0, 0.1) is 0 Å². The lowest BCUT2D eigenvalue weighted by atomic mass is 10.4. The quantitative estimate of drug-likeness (QED) is 0.472. The van der Waals surface area contributed by atoms with E-state index in [4.69, 9.17) is 0 Å². The monoisotopic (exact) mass is 358 g/mol. The first-order valence-electron chi connectivity index (χ1n) is 6.00. The number of urea groups is 1. The summed E-state index contributed by atoms with van der Waals surface area (Å²) in [4.78, 5) is 16.7. The maximum atomic E-state index is 13.9. The van der Waals surface area contributed by atoms with Gasteiger partial charge in [0, 0.05) is 13.2 Å². The van der Waals surface area contributed by atoms with Crippen LogP contribution in [0.3, 0.4) is 0 Å². The molecule has 0 saturated heterocycles. The minimum Gasteiger partial charge on any atom is -0.301 e. The molecule has 0 radical (unpaired) electrons. The van der Waals surface area contributed by atoms with Gasteiger partial charge in [-0.25, -0.2) is 14.2 Å². The Kier molecular flexibility index (Phi) is 4.40. The van der Waals surface area contributed by atoms with Crippen molar-refractivity contribution in [3.05, 3.63) is 18.3 Å². The Labute approximate surface area is 129 Å². The predicted molar refractivity (Wildman–Crippen MR) is 63.9 cm³/mol. The standard InChI is InChI=1S/C10H8F6N6O2/c1-20(5-11)8(23)21(9(12,13)14)10(15,16)24-22-7-6(18-19-22)3-2-4-17-7/h2-4H,5H2,1H3. The molecule has 24 heavy (non-hydrogen) atoms. The summed E-state index contributed by atoms with van der Waals surface area (Å²) in [6, 6.07) is 0.297. The minimum atomic E-state index is -5.87. The van der Waals surface area contributed by atoms with Gasteiger partial charge in [-0.1, -0.05) is 4.85 Å². The third kappa shape index (κ3) is 3.26. The first-order valence-corrected chi connectivity index (χ1v) is 6.00. The molecule has 0 unspecified atom stereocenters. The molecule has 0 aromatic carbocycles. The molecule has 132 valence electrons. The zero-order chi connectivity index (χ0) is 18.1. The summed E-state index contributed by atoms with van der Waals surface area (Å²) in [7, 11) is 0.559. The molecule has 0 spiro atoms. The summed E-state index contributed by atoms with van der Waals surface area (Å²) in [5.41, 5.74) is -0.454. The fourth-order valence-electron chi connectivity index (χ4n) is 1.54. The van der Waals surface area contributed by atoms with Gasteiger partial charge in [-0.05, 0) is 17.3 Å². The Balaban J connectivity index is 2.39. The predicted octanol–water partition coefficient (Wildman–Crippen LogP) is 1.61. The number of carbonyl (C=O) groups is 1. The molecule has 2 amide bonds. The van der Waals surface area contributed by atoms with E-state index in [2.05, 4.69) is 20.1 Å². The molecule has 2 aromatic heterocycles. The van der Waals surface area contributed by atoms with Gasteiger partial charge in [-0.3, -0.25) is 4.90 Å². The fourth-order valence-corrected chi connectivity index (χ4v) is 1.54. The van der Waals surface area contributed by atoms with Gasteiger partial charge < -0.3 is 4.84 Å². The highest BCUT2D eigenvalue weighted by Crippen LogP contribution is 2.33. The van der Waals surface area contributed by atoms with E-state index in [9.17, 15) is 31.1 Å². The van der Waals surface area contributed by atoms with E-state index in [-0.39, 0.29) is 15.3 Å². The zero-order valence-corrected chi connectivity index (χ0v) is 11.7. The summed E-state index contributed by atoms with van der Waals surface area (Å²) in [5, 5.41) is 6.44. The number of fused-ring (bicyclic) bond motifs is 1. The summed E-state index contributed by atoms with van der Waals surface area (Å²) in [5.74, 6) is 0. The molecule has 0 N–H and O–H groups in total. The number of hydrogen-bond acceptors (Lipinski definition) is 5. The van der Waals surface area contributed by atoms with E-state index in [0.717, 1.165) is 6.20 Å². The normalized spacial score (nSPS) is 12.3. The van der Waals surface area contributed by atoms with Crippen LogP contribution in [-0.4, -0.2) is 62.4 Å². The van der Waals surface area contributed by atoms with Crippen molar-refractivity contribution in [3.8, 4) is 0 Å². The number of amides is 2. The summed E-state index contributed by atoms with van der Waals surface area (Å²) in [6.45, 7) is -1.73. The highest BCUT2D eigenvalue weighted by Gasteiger charge is 2.60. The molecule has 0 aliphatic heterocycles. The van der Waals surface area contributed by atoms with Crippen molar-refractivity contribution in [2.75, 3.05) is 13.8 Å². The Morgan fingerprint density at radius 1 is 1.33 bits per heavy atom. The molecule has 2 aromatic rings. The number of alkyl halides is 6. The number of hydrogen-bond donors (Lipinski definition) is 0. The van der Waals surface area contributed by atoms with Crippen molar-refractivity contribution in [2.24, 2.45) is 0 Å². The van der Waals surface area contributed by atoms with Crippen LogP contribution in [0.4, 0.5) is 31.1 Å². The fraction of sp³-hybridized carbons (Fsp3) is 0.400. The third-order valence-corrected chi connectivity index (χ3v) is 2.59. The van der Waals surface area contributed by atoms with Crippen molar-refractivity contribution in [1.29, 1.82) is 0 Å². The maximum absolute atomic E-state index is 13.9. The van der Waals surface area contributed by atoms with E-state index in [1.165, 1.54) is 12.1 Å². The van der Waals surface area contributed by atoms with Crippen LogP contribution in [0.15, 0.2) is 18.3 Å². The Morgan fingerprint density at radius 3 is 2.58 bits per heavy atom. The number of carbonyl (C=O) groups excluding carboxylic acids is 1. The van der Waals surface area contributed by atoms with Crippen LogP contribution < -0.4 is 4.84 Å². The van der Waals surface area contributed by atoms with Gasteiger partial charge in [0.25, 0.3) is 0 Å². The van der Waals surface area contributed by atoms with Crippen LogP contribution in [0.1, 0.15) is 0 Å². The Bertz CT molecular complexity index is 734. The van der Waals surface area contributed by atoms with Crippen LogP contribution in [0.2, 0.25) is 0 Å². The highest BCUT2D eigenvalue weighted by molar-refractivity contribution is 5.74. The lowest BCUT2D eigenvalue weighted by Gasteiger charge is -2.32. The lowest BCUT2D eigenvalue weighted by molar-refractivity contribution is -0.394. The molecule has 8 nitrogen and oxygen atoms in total. The van der Waals surface area contributed by atoms with Crippen molar-refractivity contribution in [2.45, 2.75) is 12.5 Å². The molecule has 0 saturated carbocycles. The lowest BCUT2D eigenvalue weighted by Crippen LogP contribution is -2.61. The topological polar surface area (TPSA) is 76.4 Å². The Morgan fingerprint density at radius 2 is 2.00 bits per heavy atom. The van der Waals surface area contributed by atoms with Crippen LogP contribution >= 0.6 is 0 Å². The van der Waals surface area contributed by atoms with Gasteiger partial charge >= 0.3 is 18.6 Å². The van der Waals surface area contributed by atoms with Gasteiger partial charge in [0.1, 0.15) is 5.52 Å². The first kappa shape index (κ1) is 17.6. The molecule has 0 atom stereocenters. The molecule has 0 bridgehead atoms. The molecular formula is C10H8F6N6O2. The van der Waals surface area contributed by atoms with Crippen LogP contribution in [0.25, 0.3) is 11.2 Å². The number of aromatic nitrogens is 4. The second kappa shape index (κ2) is 6.01. The van der Waals surface area contributed by atoms with Crippen LogP contribution in [-0.2, 0) is 0 Å². The average Bonchev–Trinajstić information content (AvgIpc) is 2.87. The molecule has 0 aliphatic carbocycles. The molecule has 2 rings (SSSR count). The SMILES string of the molecule is CN(CF)C(=O)N(C(F)(F)F)C(F)(F)On1nnc2cccnc21. The van der Waals surface area contributed by atoms with Gasteiger partial charge in [0.2, 0.25) is 5.65 Å². The van der Waals surface area contributed by atoms with Crippen molar-refractivity contribution in [1.82, 2.24) is 29.9 Å². The van der Waals surface area contributed by atoms with Gasteiger partial charge in [-0.2, -0.15) is 0 Å². The number of nitrogens with zero attached hydrogens (tertiary/aromatic N) is 6. The number of rotatable bonds is 4. The van der Waals surface area contributed by atoms with E-state index < -0.39 is 35.9 Å². The maximum Gasteiger partial charge on any atom is 0.527 e. The molecular weight excluding hydrogens is 350 g/mol. The van der Waals surface area contributed by atoms with E-state index in [1.807, 2.05) is 0 Å². The highest BCUT2D eigenvalue weighted by atomic mass is 19.4. The van der Waals surface area contributed by atoms with E-state index >= 15 is 0 Å². The van der Waals surface area contributed by atoms with Crippen molar-refractivity contribution in [3.63, 3.8) is 0 Å². The zero-order valence-electron chi connectivity index (χ0n) is 11.7. The van der Waals surface area contributed by atoms with Crippen molar-refractivity contribution >= 4 is 17.2 Å². The molecule has 2 heterocycles. The number of pyridine rings is 1. The van der Waals surface area contributed by atoms with Crippen LogP contribution in [0.5, 0.6) is 0 Å². The summed E-state index contributed by atoms with van der Waals surface area (Å²) in [6.07, 6.45) is -9.99. The average molecular weight is 358 g/mol. The second-order valence-electron chi connectivity index (χ2n) is 4.29.